The first-order valence-corrected chi connectivity index (χ1v) is 8.45. The number of anilines is 1. The molecule has 1 amide bonds. The number of pyridine rings is 1. The van der Waals surface area contributed by atoms with Gasteiger partial charge in [0.25, 0.3) is 5.91 Å². The Balaban J connectivity index is 1.63. The van der Waals surface area contributed by atoms with E-state index in [2.05, 4.69) is 20.3 Å². The van der Waals surface area contributed by atoms with E-state index < -0.39 is 5.91 Å². The summed E-state index contributed by atoms with van der Waals surface area (Å²) in [5.41, 5.74) is 2.03. The predicted octanol–water partition coefficient (Wildman–Crippen LogP) is 4.40. The van der Waals surface area contributed by atoms with Crippen molar-refractivity contribution in [1.82, 2.24) is 15.0 Å². The monoisotopic (exact) mass is 378 g/mol. The number of carbonyl (C=O) groups excluding carboxylic acids is 1. The van der Waals surface area contributed by atoms with E-state index in [-0.39, 0.29) is 17.6 Å². The first kappa shape index (κ1) is 17.6. The summed E-state index contributed by atoms with van der Waals surface area (Å²) < 4.78 is 24.2. The summed E-state index contributed by atoms with van der Waals surface area (Å²) in [5.74, 6) is -0.149. The van der Waals surface area contributed by atoms with E-state index in [0.717, 1.165) is 0 Å². The third kappa shape index (κ3) is 3.39. The van der Waals surface area contributed by atoms with Gasteiger partial charge in [-0.25, -0.2) is 9.37 Å². The van der Waals surface area contributed by atoms with Crippen molar-refractivity contribution in [2.75, 3.05) is 5.32 Å². The standard InChI is InChI=1S/C20H15FN4O3/c1-11-16(15-5-3-4-10-22-15)24-20(27-11)25-19(26)18-17(23-12(2)28-18)13-6-8-14(21)9-7-13/h3-10H,1-2H3,(H,24,25,26). The van der Waals surface area contributed by atoms with Crippen LogP contribution in [0.3, 0.4) is 0 Å². The highest BCUT2D eigenvalue weighted by molar-refractivity contribution is 6.05. The summed E-state index contributed by atoms with van der Waals surface area (Å²) in [4.78, 5) is 25.5. The molecule has 3 aromatic heterocycles. The fourth-order valence-corrected chi connectivity index (χ4v) is 2.73. The Morgan fingerprint density at radius 3 is 2.50 bits per heavy atom. The topological polar surface area (TPSA) is 94.1 Å². The van der Waals surface area contributed by atoms with Crippen LogP contribution >= 0.6 is 0 Å². The highest BCUT2D eigenvalue weighted by Gasteiger charge is 2.23. The van der Waals surface area contributed by atoms with Crippen molar-refractivity contribution in [1.29, 1.82) is 0 Å². The molecule has 0 saturated carbocycles. The number of benzene rings is 1. The third-order valence-corrected chi connectivity index (χ3v) is 3.98. The zero-order valence-electron chi connectivity index (χ0n) is 15.1. The van der Waals surface area contributed by atoms with E-state index in [0.29, 0.717) is 34.3 Å². The average Bonchev–Trinajstić information content (AvgIpc) is 3.25. The minimum Gasteiger partial charge on any atom is -0.435 e. The van der Waals surface area contributed by atoms with Crippen LogP contribution in [-0.4, -0.2) is 20.9 Å². The molecule has 0 aliphatic rings. The maximum Gasteiger partial charge on any atom is 0.302 e. The summed E-state index contributed by atoms with van der Waals surface area (Å²) in [6.07, 6.45) is 1.65. The molecule has 0 unspecified atom stereocenters. The molecular weight excluding hydrogens is 363 g/mol. The van der Waals surface area contributed by atoms with Crippen molar-refractivity contribution < 1.29 is 18.0 Å². The molecule has 1 aromatic carbocycles. The Kier molecular flexibility index (Phi) is 4.44. The summed E-state index contributed by atoms with van der Waals surface area (Å²) in [6.45, 7) is 3.35. The molecule has 28 heavy (non-hydrogen) atoms. The zero-order chi connectivity index (χ0) is 19.7. The van der Waals surface area contributed by atoms with Gasteiger partial charge in [0.15, 0.2) is 5.89 Å². The molecule has 8 heteroatoms. The van der Waals surface area contributed by atoms with Gasteiger partial charge in [-0.15, -0.1) is 0 Å². The Morgan fingerprint density at radius 1 is 1.00 bits per heavy atom. The van der Waals surface area contributed by atoms with Crippen molar-refractivity contribution in [3.05, 3.63) is 71.9 Å². The molecule has 0 spiro atoms. The maximum atomic E-state index is 13.2. The third-order valence-electron chi connectivity index (χ3n) is 3.98. The van der Waals surface area contributed by atoms with Crippen LogP contribution in [0.2, 0.25) is 0 Å². The number of halogens is 1. The van der Waals surface area contributed by atoms with Gasteiger partial charge < -0.3 is 8.83 Å². The van der Waals surface area contributed by atoms with E-state index in [1.807, 2.05) is 6.07 Å². The van der Waals surface area contributed by atoms with Crippen LogP contribution in [0.15, 0.2) is 57.5 Å². The second-order valence-corrected chi connectivity index (χ2v) is 6.01. The summed E-state index contributed by atoms with van der Waals surface area (Å²) >= 11 is 0. The molecule has 1 N–H and O–H groups in total. The first-order chi connectivity index (χ1) is 13.5. The highest BCUT2D eigenvalue weighted by atomic mass is 19.1. The highest BCUT2D eigenvalue weighted by Crippen LogP contribution is 2.27. The maximum absolute atomic E-state index is 13.2. The number of nitrogens with one attached hydrogen (secondary N) is 1. The molecule has 4 aromatic rings. The van der Waals surface area contributed by atoms with Crippen molar-refractivity contribution in [2.45, 2.75) is 13.8 Å². The van der Waals surface area contributed by atoms with E-state index >= 15 is 0 Å². The molecule has 7 nitrogen and oxygen atoms in total. The van der Waals surface area contributed by atoms with Gasteiger partial charge in [0.05, 0.1) is 5.69 Å². The van der Waals surface area contributed by atoms with Crippen LogP contribution in [0.25, 0.3) is 22.6 Å². The van der Waals surface area contributed by atoms with Crippen LogP contribution in [-0.2, 0) is 0 Å². The van der Waals surface area contributed by atoms with Gasteiger partial charge in [-0.05, 0) is 43.3 Å². The Labute approximate surface area is 159 Å². The number of nitrogens with zero attached hydrogens (tertiary/aromatic N) is 3. The lowest BCUT2D eigenvalue weighted by Crippen LogP contribution is -2.12. The van der Waals surface area contributed by atoms with Crippen LogP contribution in [0.1, 0.15) is 22.2 Å². The molecular formula is C20H15FN4O3. The summed E-state index contributed by atoms with van der Waals surface area (Å²) in [7, 11) is 0. The fourth-order valence-electron chi connectivity index (χ4n) is 2.73. The summed E-state index contributed by atoms with van der Waals surface area (Å²) in [6, 6.07) is 11.1. The lowest BCUT2D eigenvalue weighted by atomic mass is 10.1. The minimum atomic E-state index is -0.575. The van der Waals surface area contributed by atoms with Crippen molar-refractivity contribution in [2.24, 2.45) is 0 Å². The molecule has 4 rings (SSSR count). The van der Waals surface area contributed by atoms with Gasteiger partial charge >= 0.3 is 6.01 Å². The molecule has 0 atom stereocenters. The molecule has 0 saturated heterocycles. The fraction of sp³-hybridized carbons (Fsp3) is 0.100. The SMILES string of the molecule is Cc1nc(-c2ccc(F)cc2)c(C(=O)Nc2nc(-c3ccccn3)c(C)o2)o1. The van der Waals surface area contributed by atoms with Crippen LogP contribution in [0.5, 0.6) is 0 Å². The first-order valence-electron chi connectivity index (χ1n) is 8.45. The molecule has 0 bridgehead atoms. The molecule has 0 aliphatic heterocycles. The Morgan fingerprint density at radius 2 is 1.79 bits per heavy atom. The van der Waals surface area contributed by atoms with Gasteiger partial charge in [-0.3, -0.25) is 15.1 Å². The Bertz CT molecular complexity index is 1130. The zero-order valence-corrected chi connectivity index (χ0v) is 15.1. The lowest BCUT2D eigenvalue weighted by molar-refractivity contribution is 0.0993. The van der Waals surface area contributed by atoms with Gasteiger partial charge in [0, 0.05) is 18.7 Å². The van der Waals surface area contributed by atoms with Crippen molar-refractivity contribution in [3.63, 3.8) is 0 Å². The molecule has 0 fully saturated rings. The van der Waals surface area contributed by atoms with Gasteiger partial charge in [0.2, 0.25) is 5.76 Å². The van der Waals surface area contributed by atoms with Crippen LogP contribution < -0.4 is 5.32 Å². The molecule has 3 heterocycles. The number of hydrogen-bond acceptors (Lipinski definition) is 6. The average molecular weight is 378 g/mol. The number of rotatable bonds is 4. The number of carbonyl (C=O) groups is 1. The second-order valence-electron chi connectivity index (χ2n) is 6.01. The number of aromatic nitrogens is 3. The number of hydrogen-bond donors (Lipinski definition) is 1. The quantitative estimate of drug-likeness (QED) is 0.566. The van der Waals surface area contributed by atoms with E-state index in [1.165, 1.54) is 24.3 Å². The largest absolute Gasteiger partial charge is 0.435 e. The normalized spacial score (nSPS) is 10.8. The van der Waals surface area contributed by atoms with Gasteiger partial charge in [-0.2, -0.15) is 4.98 Å². The Hall–Kier alpha value is -3.81. The molecule has 0 aliphatic carbocycles. The minimum absolute atomic E-state index is 0.0145. The number of aryl methyl sites for hydroxylation is 2. The van der Waals surface area contributed by atoms with Crippen molar-refractivity contribution in [3.8, 4) is 22.6 Å². The van der Waals surface area contributed by atoms with Crippen LogP contribution in [0, 0.1) is 19.7 Å². The van der Waals surface area contributed by atoms with E-state index in [1.54, 1.807) is 32.2 Å². The van der Waals surface area contributed by atoms with E-state index in [9.17, 15) is 9.18 Å². The predicted molar refractivity (Wildman–Crippen MR) is 99.1 cm³/mol. The van der Waals surface area contributed by atoms with Crippen LogP contribution in [0.4, 0.5) is 10.4 Å². The summed E-state index contributed by atoms with van der Waals surface area (Å²) in [5, 5.41) is 2.57. The lowest BCUT2D eigenvalue weighted by Gasteiger charge is -2.01. The molecule has 140 valence electrons. The van der Waals surface area contributed by atoms with Crippen molar-refractivity contribution >= 4 is 11.9 Å². The smallest absolute Gasteiger partial charge is 0.302 e. The number of oxazole rings is 2. The van der Waals surface area contributed by atoms with E-state index in [4.69, 9.17) is 8.83 Å². The van der Waals surface area contributed by atoms with Gasteiger partial charge in [0.1, 0.15) is 23.0 Å². The second kappa shape index (κ2) is 7.07. The van der Waals surface area contributed by atoms with Gasteiger partial charge in [-0.1, -0.05) is 6.07 Å². The molecule has 0 radical (unpaired) electrons. The number of amides is 1.